The van der Waals surface area contributed by atoms with Gasteiger partial charge in [-0.2, -0.15) is 0 Å². The Balaban J connectivity index is 1.86. The van der Waals surface area contributed by atoms with Crippen molar-refractivity contribution in [2.45, 2.75) is 193 Å². The average molecular weight is 1290 g/mol. The molecule has 19 N–H and O–H groups in total. The number of hydrogen-bond acceptors (Lipinski definition) is 17. The zero-order chi connectivity index (χ0) is 69.1. The normalized spacial score (nSPS) is 20.6. The average Bonchev–Trinajstić information content (AvgIpc) is 1.43. The van der Waals surface area contributed by atoms with Crippen LogP contribution in [0.4, 0.5) is 5.69 Å². The Labute approximate surface area is 536 Å². The van der Waals surface area contributed by atoms with Crippen LogP contribution in [0.15, 0.2) is 59.6 Å². The van der Waals surface area contributed by atoms with Gasteiger partial charge in [0.05, 0.1) is 24.9 Å². The van der Waals surface area contributed by atoms with Gasteiger partial charge in [-0.1, -0.05) is 124 Å². The number of cyclic esters (lactones) is 1. The number of guanidine groups is 1. The summed E-state index contributed by atoms with van der Waals surface area (Å²) in [5.41, 5.74) is 18.3. The van der Waals surface area contributed by atoms with E-state index in [-0.39, 0.29) is 25.2 Å². The fourth-order valence-electron chi connectivity index (χ4n) is 9.63. The molecule has 1 fully saturated rings. The molecule has 1 saturated heterocycles. The van der Waals surface area contributed by atoms with Crippen molar-refractivity contribution in [1.29, 1.82) is 0 Å². The topological polar surface area (TPSA) is 477 Å². The molecular weight excluding hydrogens is 1190 g/mol. The lowest BCUT2D eigenvalue weighted by Gasteiger charge is -2.31. The molecule has 0 aromatic heterocycles. The molecule has 0 radical (unpaired) electrons. The van der Waals surface area contributed by atoms with E-state index in [0.29, 0.717) is 30.5 Å². The van der Waals surface area contributed by atoms with Gasteiger partial charge in [0.25, 0.3) is 0 Å². The standard InChI is InChI=1S/C62H97N15O15/c1-12-31(5)46(74-53(83)41(66-11)27-37-19-17-16-18-20-37)57(87)71-43(29-78)55(85)69-40(25-26-45(63)80)52(82)73-48(33(7)14-3)59(89)75-47(32(6)13-2)58(88)72-44(30-79)56(86)77-50-36(10)92-61(91)49(34(8)15-4)76-54(84)42(70-51(81)35(9)67-60(50)90)28-38-21-23-39(24-22-38)68-62(64)65/h16-24,31-36,40-44,46-50,66,78-79H,12-15,25-30H2,1-11H3,(H2,63,80)(H,67,90)(H,69,85)(H,70,81)(H,71,87)(H,72,88)(H,73,82)(H,74,83)(H,75,89)(H,76,84)(H,77,86)(H4,64,65,68)/t31-,32-,33-,34-,35-,36-,40+,41+,42-,43-,44-,46-,47-,48+,49-,50+/m0/s1. The summed E-state index contributed by atoms with van der Waals surface area (Å²) < 4.78 is 5.76. The van der Waals surface area contributed by atoms with E-state index in [4.69, 9.17) is 21.9 Å². The quantitative estimate of drug-likeness (QED) is 0.0195. The molecule has 16 atom stereocenters. The number of likely N-dealkylation sites (N-methyl/N-ethyl adjacent to an activating group) is 1. The first-order valence-electron chi connectivity index (χ1n) is 31.1. The van der Waals surface area contributed by atoms with Crippen LogP contribution < -0.4 is 75.7 Å². The molecule has 0 unspecified atom stereocenters. The van der Waals surface area contributed by atoms with Gasteiger partial charge in [0, 0.05) is 12.8 Å². The lowest BCUT2D eigenvalue weighted by atomic mass is 9.94. The number of carbonyl (C=O) groups is 12. The maximum Gasteiger partial charge on any atom is 0.329 e. The van der Waals surface area contributed by atoms with E-state index in [1.807, 2.05) is 30.3 Å². The van der Waals surface area contributed by atoms with Crippen molar-refractivity contribution < 1.29 is 72.5 Å². The Morgan fingerprint density at radius 3 is 1.52 bits per heavy atom. The molecule has 0 aliphatic carbocycles. The third kappa shape index (κ3) is 23.8. The molecular formula is C62H97N15O15. The molecule has 1 aliphatic heterocycles. The highest BCUT2D eigenvalue weighted by Gasteiger charge is 2.41. The van der Waals surface area contributed by atoms with E-state index in [9.17, 15) is 67.7 Å². The highest BCUT2D eigenvalue weighted by molar-refractivity contribution is 6.00. The van der Waals surface area contributed by atoms with Crippen molar-refractivity contribution in [3.8, 4) is 0 Å². The van der Waals surface area contributed by atoms with Gasteiger partial charge >= 0.3 is 5.97 Å². The van der Waals surface area contributed by atoms with E-state index >= 15 is 0 Å². The predicted molar refractivity (Wildman–Crippen MR) is 340 cm³/mol. The molecule has 3 rings (SSSR count). The number of aliphatic hydroxyl groups is 2. The summed E-state index contributed by atoms with van der Waals surface area (Å²) >= 11 is 0. The summed E-state index contributed by atoms with van der Waals surface area (Å²) in [6.45, 7) is 14.1. The lowest BCUT2D eigenvalue weighted by molar-refractivity contribution is -0.157. The van der Waals surface area contributed by atoms with E-state index in [1.165, 1.54) is 13.8 Å². The number of rotatable bonds is 33. The van der Waals surface area contributed by atoms with Crippen molar-refractivity contribution in [2.24, 2.45) is 45.9 Å². The van der Waals surface area contributed by atoms with Crippen LogP contribution in [-0.2, 0) is 75.1 Å². The molecule has 2 aromatic rings. The van der Waals surface area contributed by atoms with Crippen LogP contribution in [0.25, 0.3) is 0 Å². The van der Waals surface area contributed by atoms with Crippen molar-refractivity contribution in [2.75, 3.05) is 20.3 Å². The number of nitrogens with two attached hydrogens (primary N) is 3. The zero-order valence-electron chi connectivity index (χ0n) is 54.4. The zero-order valence-corrected chi connectivity index (χ0v) is 54.4. The SMILES string of the molecule is CC[C@H](C)[C@H](NC(=O)[C@@H](Cc1ccccc1)NC)C(=O)N[C@@H](CO)C(=O)N[C@H](CCC(N)=O)C(=O)N[C@@H](C(=O)N[C@H](C(=O)N[C@@H](CO)C(=O)N[C@H]1C(=O)N[C@@H](C)C(=O)N[C@@H](Cc2ccc(N=C(N)N)cc2)C(=O)N[C@@H]([C@@H](C)CC)C(=O)O[C@H]1C)[C@@H](C)CC)[C@@H](C)CC. The van der Waals surface area contributed by atoms with Gasteiger partial charge in [-0.05, 0) is 80.7 Å². The van der Waals surface area contributed by atoms with E-state index in [1.54, 1.807) is 86.7 Å². The second-order valence-electron chi connectivity index (χ2n) is 23.4. The molecule has 92 heavy (non-hydrogen) atoms. The van der Waals surface area contributed by atoms with Gasteiger partial charge < -0.3 is 90.6 Å². The summed E-state index contributed by atoms with van der Waals surface area (Å²) in [5.74, 6) is -13.5. The van der Waals surface area contributed by atoms with Gasteiger partial charge in [0.2, 0.25) is 65.0 Å². The van der Waals surface area contributed by atoms with Gasteiger partial charge in [0.1, 0.15) is 66.5 Å². The maximum absolute atomic E-state index is 14.4. The number of amides is 11. The van der Waals surface area contributed by atoms with Crippen LogP contribution in [-0.4, -0.2) is 180 Å². The molecule has 1 heterocycles. The van der Waals surface area contributed by atoms with E-state index < -0.39 is 193 Å². The molecule has 0 spiro atoms. The number of nitrogens with one attached hydrogen (secondary N) is 11. The van der Waals surface area contributed by atoms with Crippen LogP contribution in [0.1, 0.15) is 119 Å². The minimum atomic E-state index is -1.84. The summed E-state index contributed by atoms with van der Waals surface area (Å²) in [4.78, 5) is 170. The van der Waals surface area contributed by atoms with Gasteiger partial charge in [-0.15, -0.1) is 0 Å². The predicted octanol–water partition coefficient (Wildman–Crippen LogP) is -2.79. The van der Waals surface area contributed by atoms with E-state index in [2.05, 4.69) is 63.5 Å². The molecule has 2 aromatic carbocycles. The summed E-state index contributed by atoms with van der Waals surface area (Å²) in [6, 6.07) is -0.136. The first kappa shape index (κ1) is 77.5. The third-order valence-corrected chi connectivity index (χ3v) is 16.4. The first-order chi connectivity index (χ1) is 43.5. The number of aliphatic imine (C=N–C) groups is 1. The Hall–Kier alpha value is -8.77. The minimum absolute atomic E-state index is 0.0819. The number of carbonyl (C=O) groups excluding carboxylic acids is 12. The molecule has 30 nitrogen and oxygen atoms in total. The first-order valence-corrected chi connectivity index (χ1v) is 31.1. The second-order valence-corrected chi connectivity index (χ2v) is 23.4. The van der Waals surface area contributed by atoms with E-state index in [0.717, 1.165) is 5.56 Å². The van der Waals surface area contributed by atoms with Crippen molar-refractivity contribution in [3.63, 3.8) is 0 Å². The summed E-state index contributed by atoms with van der Waals surface area (Å²) in [6.07, 6.45) is -0.887. The molecule has 30 heteroatoms. The number of hydrogen-bond donors (Lipinski definition) is 16. The molecule has 1 aliphatic rings. The summed E-state index contributed by atoms with van der Waals surface area (Å²) in [7, 11) is 1.60. The monoisotopic (exact) mass is 1290 g/mol. The van der Waals surface area contributed by atoms with Gasteiger partial charge in [0.15, 0.2) is 5.96 Å². The Bertz CT molecular complexity index is 2880. The fourth-order valence-corrected chi connectivity index (χ4v) is 9.63. The Kier molecular flexibility index (Phi) is 32.1. The minimum Gasteiger partial charge on any atom is -0.458 e. The Morgan fingerprint density at radius 2 is 1.04 bits per heavy atom. The second kappa shape index (κ2) is 38.2. The highest BCUT2D eigenvalue weighted by Crippen LogP contribution is 2.19. The van der Waals surface area contributed by atoms with Crippen molar-refractivity contribution in [3.05, 3.63) is 65.7 Å². The molecule has 0 saturated carbocycles. The number of esters is 1. The number of aliphatic hydroxyl groups excluding tert-OH is 2. The highest BCUT2D eigenvalue weighted by atomic mass is 16.5. The molecule has 0 bridgehead atoms. The number of nitrogens with zero attached hydrogens (tertiary/aromatic N) is 1. The van der Waals surface area contributed by atoms with Crippen molar-refractivity contribution >= 4 is 82.6 Å². The summed E-state index contributed by atoms with van der Waals surface area (Å²) in [5, 5.41) is 49.5. The van der Waals surface area contributed by atoms with Crippen LogP contribution in [0, 0.1) is 23.7 Å². The fraction of sp³-hybridized carbons (Fsp3) is 0.597. The lowest BCUT2D eigenvalue weighted by Crippen LogP contribution is -2.63. The van der Waals surface area contributed by atoms with Gasteiger partial charge in [-0.25, -0.2) is 9.79 Å². The van der Waals surface area contributed by atoms with Gasteiger partial charge in [-0.3, -0.25) is 52.7 Å². The largest absolute Gasteiger partial charge is 0.458 e. The van der Waals surface area contributed by atoms with Crippen molar-refractivity contribution in [1.82, 2.24) is 58.5 Å². The molecule has 510 valence electrons. The smallest absolute Gasteiger partial charge is 0.329 e. The number of primary amides is 1. The van der Waals surface area contributed by atoms with Crippen LogP contribution in [0.3, 0.4) is 0 Å². The number of ether oxygens (including phenoxy) is 1. The Morgan fingerprint density at radius 1 is 0.565 bits per heavy atom. The molecule has 11 amide bonds. The van der Waals surface area contributed by atoms with Crippen LogP contribution >= 0.6 is 0 Å². The van der Waals surface area contributed by atoms with Crippen LogP contribution in [0.5, 0.6) is 0 Å². The van der Waals surface area contributed by atoms with Crippen LogP contribution in [0.2, 0.25) is 0 Å². The maximum atomic E-state index is 14.4. The number of benzene rings is 2. The third-order valence-electron chi connectivity index (χ3n) is 16.4.